The fourth-order valence-corrected chi connectivity index (χ4v) is 3.56. The summed E-state index contributed by atoms with van der Waals surface area (Å²) in [6.07, 6.45) is 0. The van der Waals surface area contributed by atoms with E-state index in [0.717, 1.165) is 16.7 Å². The summed E-state index contributed by atoms with van der Waals surface area (Å²) in [5.41, 5.74) is 1.00. The zero-order valence-electron chi connectivity index (χ0n) is 12.7. The van der Waals surface area contributed by atoms with E-state index in [1.807, 2.05) is 12.1 Å². The molecule has 0 aliphatic heterocycles. The molecular weight excluding hydrogens is 340 g/mol. The van der Waals surface area contributed by atoms with Gasteiger partial charge in [-0.3, -0.25) is 4.79 Å². The Morgan fingerprint density at radius 2 is 1.38 bits per heavy atom. The average Bonchev–Trinajstić information content (AvgIpc) is 2.64. The van der Waals surface area contributed by atoms with Crippen LogP contribution in [0.5, 0.6) is 0 Å². The molecule has 0 fully saturated rings. The van der Waals surface area contributed by atoms with Crippen molar-refractivity contribution in [1.29, 1.82) is 0 Å². The highest BCUT2D eigenvalue weighted by Gasteiger charge is 2.39. The Morgan fingerprint density at radius 1 is 0.833 bits per heavy atom. The second-order valence-electron chi connectivity index (χ2n) is 5.26. The number of aliphatic hydroxyl groups is 1. The van der Waals surface area contributed by atoms with Crippen molar-refractivity contribution in [2.24, 2.45) is 0 Å². The van der Waals surface area contributed by atoms with E-state index in [0.29, 0.717) is 16.1 Å². The summed E-state index contributed by atoms with van der Waals surface area (Å²) < 4.78 is 0. The van der Waals surface area contributed by atoms with Gasteiger partial charge < -0.3 is 5.11 Å². The van der Waals surface area contributed by atoms with E-state index in [9.17, 15) is 9.90 Å². The van der Waals surface area contributed by atoms with Crippen LogP contribution in [-0.4, -0.2) is 10.9 Å². The lowest BCUT2D eigenvalue weighted by atomic mass is 9.99. The Morgan fingerprint density at radius 3 is 1.96 bits per heavy atom. The summed E-state index contributed by atoms with van der Waals surface area (Å²) >= 11 is 7.02. The monoisotopic (exact) mass is 354 g/mol. The van der Waals surface area contributed by atoms with E-state index >= 15 is 0 Å². The van der Waals surface area contributed by atoms with Crippen molar-refractivity contribution in [3.63, 3.8) is 0 Å². The highest BCUT2D eigenvalue weighted by molar-refractivity contribution is 8.00. The van der Waals surface area contributed by atoms with Gasteiger partial charge in [0.15, 0.2) is 0 Å². The summed E-state index contributed by atoms with van der Waals surface area (Å²) in [6, 6.07) is 24.8. The van der Waals surface area contributed by atoms with E-state index < -0.39 is 4.93 Å². The van der Waals surface area contributed by atoms with Gasteiger partial charge in [-0.05, 0) is 24.3 Å². The number of thioether (sulfide) groups is 1. The Kier molecular flexibility index (Phi) is 5.05. The average molecular weight is 355 g/mol. The normalized spacial score (nSPS) is 13.2. The summed E-state index contributed by atoms with van der Waals surface area (Å²) in [6.45, 7) is 0. The number of hydrogen-bond donors (Lipinski definition) is 1. The van der Waals surface area contributed by atoms with Crippen LogP contribution in [0.4, 0.5) is 0 Å². The van der Waals surface area contributed by atoms with E-state index in [-0.39, 0.29) is 5.78 Å². The zero-order chi connectivity index (χ0) is 17.0. The van der Waals surface area contributed by atoms with E-state index in [1.165, 1.54) is 0 Å². The molecule has 0 spiro atoms. The molecule has 0 saturated carbocycles. The minimum atomic E-state index is -1.71. The largest absolute Gasteiger partial charge is 0.368 e. The number of carbonyl (C=O) groups excluding carboxylic acids is 1. The third-order valence-electron chi connectivity index (χ3n) is 3.59. The summed E-state index contributed by atoms with van der Waals surface area (Å²) in [7, 11) is 0. The maximum Gasteiger partial charge on any atom is 0.209 e. The van der Waals surface area contributed by atoms with Crippen LogP contribution in [0.15, 0.2) is 89.8 Å². The molecule has 120 valence electrons. The van der Waals surface area contributed by atoms with Gasteiger partial charge in [-0.25, -0.2) is 0 Å². The molecular formula is C20H15ClO2S. The lowest BCUT2D eigenvalue weighted by molar-refractivity contribution is 0.0659. The number of ketones is 1. The van der Waals surface area contributed by atoms with Crippen molar-refractivity contribution in [3.05, 3.63) is 101 Å². The topological polar surface area (TPSA) is 37.3 Å². The summed E-state index contributed by atoms with van der Waals surface area (Å²) in [5.74, 6) is -0.353. The maximum absolute atomic E-state index is 13.0. The van der Waals surface area contributed by atoms with E-state index in [4.69, 9.17) is 11.6 Å². The minimum absolute atomic E-state index is 0.353. The van der Waals surface area contributed by atoms with Crippen molar-refractivity contribution >= 4 is 29.1 Å². The van der Waals surface area contributed by atoms with Crippen molar-refractivity contribution < 1.29 is 9.90 Å². The highest BCUT2D eigenvalue weighted by atomic mass is 35.5. The van der Waals surface area contributed by atoms with Gasteiger partial charge in [0.1, 0.15) is 0 Å². The van der Waals surface area contributed by atoms with Gasteiger partial charge in [-0.1, -0.05) is 84.0 Å². The third kappa shape index (κ3) is 3.54. The Hall–Kier alpha value is -2.07. The van der Waals surface area contributed by atoms with Crippen LogP contribution in [0.2, 0.25) is 5.02 Å². The van der Waals surface area contributed by atoms with Crippen molar-refractivity contribution in [2.45, 2.75) is 9.83 Å². The van der Waals surface area contributed by atoms with Gasteiger partial charge in [0.05, 0.1) is 0 Å². The van der Waals surface area contributed by atoms with Gasteiger partial charge in [-0.15, -0.1) is 0 Å². The predicted octanol–water partition coefficient (Wildman–Crippen LogP) is 5.16. The van der Waals surface area contributed by atoms with Crippen LogP contribution >= 0.6 is 23.4 Å². The van der Waals surface area contributed by atoms with Crippen molar-refractivity contribution in [3.8, 4) is 0 Å². The maximum atomic E-state index is 13.0. The van der Waals surface area contributed by atoms with E-state index in [2.05, 4.69) is 0 Å². The Balaban J connectivity index is 2.04. The first kappa shape index (κ1) is 16.8. The van der Waals surface area contributed by atoms with Crippen LogP contribution in [-0.2, 0) is 4.93 Å². The number of carbonyl (C=O) groups is 1. The second kappa shape index (κ2) is 7.22. The lowest BCUT2D eigenvalue weighted by Crippen LogP contribution is -2.32. The molecule has 1 atom stereocenters. The molecule has 24 heavy (non-hydrogen) atoms. The fraction of sp³-hybridized carbons (Fsp3) is 0.0500. The zero-order valence-corrected chi connectivity index (χ0v) is 14.3. The van der Waals surface area contributed by atoms with Crippen LogP contribution in [0.25, 0.3) is 0 Å². The minimum Gasteiger partial charge on any atom is -0.368 e. The van der Waals surface area contributed by atoms with Gasteiger partial charge in [0.25, 0.3) is 0 Å². The molecule has 3 aromatic rings. The fourth-order valence-electron chi connectivity index (χ4n) is 2.36. The highest BCUT2D eigenvalue weighted by Crippen LogP contribution is 2.42. The first-order chi connectivity index (χ1) is 11.6. The number of halogens is 1. The smallest absolute Gasteiger partial charge is 0.209 e. The molecule has 2 nitrogen and oxygen atoms in total. The molecule has 4 heteroatoms. The molecule has 0 aliphatic carbocycles. The lowest BCUT2D eigenvalue weighted by Gasteiger charge is -2.26. The molecule has 3 rings (SSSR count). The molecule has 0 saturated heterocycles. The number of hydrogen-bond acceptors (Lipinski definition) is 3. The Bertz CT molecular complexity index is 819. The first-order valence-electron chi connectivity index (χ1n) is 7.42. The van der Waals surface area contributed by atoms with E-state index in [1.54, 1.807) is 72.8 Å². The molecule has 0 aromatic heterocycles. The molecule has 0 bridgehead atoms. The standard InChI is InChI=1S/C20H15ClO2S/c21-17-11-13-18(14-12-17)24-20(23,16-9-5-2-6-10-16)19(22)15-7-3-1-4-8-15/h1-14,23H. The number of rotatable bonds is 5. The summed E-state index contributed by atoms with van der Waals surface area (Å²) in [4.78, 5) is 12.1. The van der Waals surface area contributed by atoms with Crippen LogP contribution in [0.1, 0.15) is 15.9 Å². The predicted molar refractivity (Wildman–Crippen MR) is 98.4 cm³/mol. The first-order valence-corrected chi connectivity index (χ1v) is 8.61. The molecule has 1 N–H and O–H groups in total. The van der Waals surface area contributed by atoms with Crippen LogP contribution < -0.4 is 0 Å². The quantitative estimate of drug-likeness (QED) is 0.390. The molecule has 0 aliphatic rings. The molecule has 0 heterocycles. The number of Topliss-reactive ketones (excluding diaryl/α,β-unsaturated/α-hetero) is 1. The molecule has 3 aromatic carbocycles. The number of benzene rings is 3. The van der Waals surface area contributed by atoms with Crippen LogP contribution in [0.3, 0.4) is 0 Å². The third-order valence-corrected chi connectivity index (χ3v) is 5.06. The summed E-state index contributed by atoms with van der Waals surface area (Å²) in [5, 5.41) is 11.9. The van der Waals surface area contributed by atoms with Gasteiger partial charge in [0.2, 0.25) is 10.7 Å². The molecule has 0 amide bonds. The van der Waals surface area contributed by atoms with Crippen LogP contribution in [0, 0.1) is 0 Å². The van der Waals surface area contributed by atoms with Gasteiger partial charge in [0, 0.05) is 21.0 Å². The Labute approximate surface area is 150 Å². The van der Waals surface area contributed by atoms with Crippen molar-refractivity contribution in [1.82, 2.24) is 0 Å². The SMILES string of the molecule is O=C(c1ccccc1)C(O)(Sc1ccc(Cl)cc1)c1ccccc1. The van der Waals surface area contributed by atoms with Gasteiger partial charge >= 0.3 is 0 Å². The van der Waals surface area contributed by atoms with Gasteiger partial charge in [-0.2, -0.15) is 0 Å². The molecule has 1 unspecified atom stereocenters. The second-order valence-corrected chi connectivity index (χ2v) is 6.96. The molecule has 0 radical (unpaired) electrons. The van der Waals surface area contributed by atoms with Crippen molar-refractivity contribution in [2.75, 3.05) is 0 Å².